The predicted octanol–water partition coefficient (Wildman–Crippen LogP) is 6.04. The van der Waals surface area contributed by atoms with Crippen LogP contribution in [0.15, 0.2) is 53.2 Å². The first-order valence-electron chi connectivity index (χ1n) is 14.2. The number of piperidine rings is 1. The van der Waals surface area contributed by atoms with Gasteiger partial charge in [0.2, 0.25) is 5.91 Å². The number of halogens is 1. The molecule has 3 amide bonds. The number of aromatic nitrogens is 2. The van der Waals surface area contributed by atoms with Crippen molar-refractivity contribution in [1.29, 1.82) is 0 Å². The molecular weight excluding hydrogens is 590 g/mol. The zero-order valence-corrected chi connectivity index (χ0v) is 25.1. The number of urea groups is 1. The Morgan fingerprint density at radius 1 is 1.05 bits per heavy atom. The number of hydrogen-bond donors (Lipinski definition) is 2. The van der Waals surface area contributed by atoms with Gasteiger partial charge in [-0.1, -0.05) is 16.8 Å². The third kappa shape index (κ3) is 6.51. The first-order valence-corrected chi connectivity index (χ1v) is 14.6. The van der Waals surface area contributed by atoms with Crippen LogP contribution < -0.4 is 24.8 Å². The molecule has 230 valence electrons. The third-order valence-electron chi connectivity index (χ3n) is 7.84. The molecule has 0 saturated carbocycles. The number of hydrogen-bond acceptors (Lipinski definition) is 9. The Balaban J connectivity index is 1.08. The molecule has 0 aliphatic carbocycles. The van der Waals surface area contributed by atoms with E-state index in [-0.39, 0.29) is 35.2 Å². The summed E-state index contributed by atoms with van der Waals surface area (Å²) in [4.78, 5) is 31.5. The number of nitrogens with one attached hydrogen (secondary N) is 2. The van der Waals surface area contributed by atoms with Gasteiger partial charge in [0.25, 0.3) is 0 Å². The number of methoxy groups -OCH3 is 1. The van der Waals surface area contributed by atoms with Gasteiger partial charge in [-0.3, -0.25) is 15.1 Å². The minimum absolute atomic E-state index is 0.0826. The Morgan fingerprint density at radius 3 is 2.55 bits per heavy atom. The van der Waals surface area contributed by atoms with E-state index in [4.69, 9.17) is 35.1 Å². The van der Waals surface area contributed by atoms with Gasteiger partial charge in [0.05, 0.1) is 49.6 Å². The van der Waals surface area contributed by atoms with Crippen LogP contribution in [0.5, 0.6) is 23.0 Å². The average molecular weight is 622 g/mol. The number of fused-ring (bicyclic) bond motifs is 1. The van der Waals surface area contributed by atoms with Crippen molar-refractivity contribution in [2.45, 2.75) is 26.2 Å². The molecule has 2 aromatic carbocycles. The fourth-order valence-electron chi connectivity index (χ4n) is 5.29. The van der Waals surface area contributed by atoms with E-state index in [0.29, 0.717) is 45.3 Å². The number of ether oxygens (including phenoxy) is 4. The monoisotopic (exact) mass is 621 g/mol. The summed E-state index contributed by atoms with van der Waals surface area (Å²) in [5.41, 5.74) is 1.29. The number of nitrogens with zero attached hydrogens (tertiary/aromatic N) is 3. The van der Waals surface area contributed by atoms with Crippen molar-refractivity contribution < 1.29 is 33.1 Å². The van der Waals surface area contributed by atoms with Gasteiger partial charge in [-0.2, -0.15) is 0 Å². The zero-order valence-electron chi connectivity index (χ0n) is 24.4. The van der Waals surface area contributed by atoms with Gasteiger partial charge in [-0.25, -0.2) is 4.79 Å². The van der Waals surface area contributed by atoms with Gasteiger partial charge < -0.3 is 33.7 Å². The summed E-state index contributed by atoms with van der Waals surface area (Å²) >= 11 is 6.44. The smallest absolute Gasteiger partial charge is 0.324 e. The van der Waals surface area contributed by atoms with Crippen LogP contribution in [-0.4, -0.2) is 67.0 Å². The summed E-state index contributed by atoms with van der Waals surface area (Å²) in [6.45, 7) is 5.09. The maximum Gasteiger partial charge on any atom is 0.324 e. The van der Waals surface area contributed by atoms with Gasteiger partial charge >= 0.3 is 6.03 Å². The second kappa shape index (κ2) is 12.6. The van der Waals surface area contributed by atoms with Crippen LogP contribution in [0, 0.1) is 12.3 Å². The molecule has 12 nitrogen and oxygen atoms in total. The molecule has 13 heteroatoms. The number of anilines is 2. The molecule has 6 rings (SSSR count). The molecule has 2 N–H and O–H groups in total. The Hall–Kier alpha value is -4.55. The summed E-state index contributed by atoms with van der Waals surface area (Å²) in [5.74, 6) is 2.88. The zero-order chi connectivity index (χ0) is 30.7. The van der Waals surface area contributed by atoms with Crippen molar-refractivity contribution >= 4 is 45.9 Å². The molecule has 2 aromatic heterocycles. The van der Waals surface area contributed by atoms with Crippen LogP contribution in [0.25, 0.3) is 10.9 Å². The summed E-state index contributed by atoms with van der Waals surface area (Å²) in [5, 5.41) is 9.94. The Labute approximate surface area is 258 Å². The van der Waals surface area contributed by atoms with Crippen molar-refractivity contribution in [2.24, 2.45) is 5.41 Å². The first-order chi connectivity index (χ1) is 21.3. The van der Waals surface area contributed by atoms with Crippen LogP contribution in [-0.2, 0) is 9.53 Å². The third-order valence-corrected chi connectivity index (χ3v) is 8.15. The van der Waals surface area contributed by atoms with Crippen LogP contribution in [0.1, 0.15) is 25.0 Å². The van der Waals surface area contributed by atoms with E-state index < -0.39 is 6.03 Å². The number of likely N-dealkylation sites (tertiary alicyclic amines) is 1. The second-order valence-corrected chi connectivity index (χ2v) is 11.4. The number of pyridine rings is 1. The quantitative estimate of drug-likeness (QED) is 0.229. The lowest BCUT2D eigenvalue weighted by atomic mass is 9.77. The van der Waals surface area contributed by atoms with Crippen molar-refractivity contribution in [1.82, 2.24) is 15.0 Å². The number of carbonyl (C=O) groups is 2. The molecule has 2 aliphatic heterocycles. The van der Waals surface area contributed by atoms with Gasteiger partial charge in [-0.05, 0) is 44.0 Å². The summed E-state index contributed by atoms with van der Waals surface area (Å²) in [7, 11) is 1.55. The molecule has 4 aromatic rings. The maximum absolute atomic E-state index is 12.8. The van der Waals surface area contributed by atoms with Gasteiger partial charge in [0.15, 0.2) is 17.3 Å². The topological polar surface area (TPSA) is 137 Å². The SMILES string of the molecule is COc1cc2c(Oc3ccc(NC(=O)Nc4cc(C)on4)c(Cl)c3)ccnc2cc1OCCC(=O)N1CCC2(CC1)COC2. The molecule has 0 bridgehead atoms. The highest BCUT2D eigenvalue weighted by Gasteiger charge is 2.41. The van der Waals surface area contributed by atoms with Crippen LogP contribution in [0.4, 0.5) is 16.3 Å². The van der Waals surface area contributed by atoms with E-state index in [9.17, 15) is 9.59 Å². The van der Waals surface area contributed by atoms with E-state index in [1.165, 1.54) is 0 Å². The number of benzene rings is 2. The van der Waals surface area contributed by atoms with Crippen molar-refractivity contribution in [3.05, 3.63) is 59.4 Å². The molecule has 44 heavy (non-hydrogen) atoms. The number of carbonyl (C=O) groups excluding carboxylic acids is 2. The highest BCUT2D eigenvalue weighted by molar-refractivity contribution is 6.34. The van der Waals surface area contributed by atoms with Gasteiger partial charge in [0, 0.05) is 48.3 Å². The predicted molar refractivity (Wildman–Crippen MR) is 163 cm³/mol. The lowest BCUT2D eigenvalue weighted by Gasteiger charge is -2.47. The number of aryl methyl sites for hydroxylation is 1. The van der Waals surface area contributed by atoms with Gasteiger partial charge in [-0.15, -0.1) is 0 Å². The molecule has 4 heterocycles. The Kier molecular flexibility index (Phi) is 8.45. The number of amides is 3. The number of rotatable bonds is 9. The molecule has 0 atom stereocenters. The standard InChI is InChI=1S/C31H32ClN5O7/c1-19-13-28(36-44-19)35-30(39)34-23-4-3-20(14-22(23)32)43-25-5-9-33-24-16-27(26(40-2)15-21(24)25)42-12-6-29(38)37-10-7-31(8-11-37)17-41-18-31/h3-5,9,13-16H,6-8,10-12,17-18H2,1-2H3,(H2,34,35,36,39). The van der Waals surface area contributed by atoms with Gasteiger partial charge in [0.1, 0.15) is 17.3 Å². The van der Waals surface area contributed by atoms with E-state index in [1.807, 2.05) is 4.90 Å². The largest absolute Gasteiger partial charge is 0.493 e. The lowest BCUT2D eigenvalue weighted by Crippen LogP contribution is -2.52. The highest BCUT2D eigenvalue weighted by Crippen LogP contribution is 2.39. The fraction of sp³-hybridized carbons (Fsp3) is 0.355. The maximum atomic E-state index is 12.8. The van der Waals surface area contributed by atoms with E-state index in [0.717, 1.165) is 39.1 Å². The molecule has 0 radical (unpaired) electrons. The molecule has 2 fully saturated rings. The minimum Gasteiger partial charge on any atom is -0.493 e. The van der Waals surface area contributed by atoms with Crippen LogP contribution in [0.3, 0.4) is 0 Å². The molecule has 1 spiro atoms. The molecule has 2 aliphatic rings. The summed E-state index contributed by atoms with van der Waals surface area (Å²) < 4.78 is 28.1. The average Bonchev–Trinajstić information content (AvgIpc) is 3.41. The first kappa shape index (κ1) is 29.5. The Morgan fingerprint density at radius 2 is 1.86 bits per heavy atom. The highest BCUT2D eigenvalue weighted by atomic mass is 35.5. The molecular formula is C31H32ClN5O7. The lowest BCUT2D eigenvalue weighted by molar-refractivity contribution is -0.153. The van der Waals surface area contributed by atoms with Crippen molar-refractivity contribution in [3.8, 4) is 23.0 Å². The van der Waals surface area contributed by atoms with Crippen LogP contribution in [0.2, 0.25) is 5.02 Å². The minimum atomic E-state index is -0.521. The second-order valence-electron chi connectivity index (χ2n) is 10.9. The Bertz CT molecular complexity index is 1680. The fourth-order valence-corrected chi connectivity index (χ4v) is 5.51. The van der Waals surface area contributed by atoms with Crippen molar-refractivity contribution in [2.75, 3.05) is 50.7 Å². The molecule has 0 unspecified atom stereocenters. The van der Waals surface area contributed by atoms with E-state index in [1.54, 1.807) is 62.7 Å². The molecule has 2 saturated heterocycles. The van der Waals surface area contributed by atoms with E-state index >= 15 is 0 Å². The normalized spacial score (nSPS) is 15.5. The summed E-state index contributed by atoms with van der Waals surface area (Å²) in [6, 6.07) is 11.3. The van der Waals surface area contributed by atoms with Crippen molar-refractivity contribution in [3.63, 3.8) is 0 Å². The van der Waals surface area contributed by atoms with Crippen LogP contribution >= 0.6 is 11.6 Å². The van der Waals surface area contributed by atoms with E-state index in [2.05, 4.69) is 20.8 Å². The summed E-state index contributed by atoms with van der Waals surface area (Å²) in [6.07, 6.45) is 3.88.